The van der Waals surface area contributed by atoms with Crippen LogP contribution in [0.5, 0.6) is 0 Å². The molecule has 0 bridgehead atoms. The highest BCUT2D eigenvalue weighted by Gasteiger charge is 2.36. The zero-order valence-electron chi connectivity index (χ0n) is 17.2. The molecule has 0 saturated carbocycles. The van der Waals surface area contributed by atoms with Gasteiger partial charge in [-0.2, -0.15) is 11.8 Å². The molecule has 0 aliphatic carbocycles. The summed E-state index contributed by atoms with van der Waals surface area (Å²) >= 11 is 2.03. The average Bonchev–Trinajstić information content (AvgIpc) is 3.13. The zero-order valence-corrected chi connectivity index (χ0v) is 18.0. The predicted molar refractivity (Wildman–Crippen MR) is 117 cm³/mol. The van der Waals surface area contributed by atoms with E-state index in [2.05, 4.69) is 53.2 Å². The number of nitrogens with zero attached hydrogens (tertiary/aromatic N) is 3. The Morgan fingerprint density at radius 1 is 1.25 bits per heavy atom. The number of benzene rings is 1. The van der Waals surface area contributed by atoms with Gasteiger partial charge in [0.2, 0.25) is 0 Å². The van der Waals surface area contributed by atoms with Crippen molar-refractivity contribution < 1.29 is 9.53 Å². The monoisotopic (exact) mass is 404 g/mol. The van der Waals surface area contributed by atoms with Gasteiger partial charge in [0.15, 0.2) is 5.96 Å². The van der Waals surface area contributed by atoms with Crippen molar-refractivity contribution in [2.24, 2.45) is 16.8 Å². The van der Waals surface area contributed by atoms with Gasteiger partial charge >= 0.3 is 5.97 Å². The lowest BCUT2D eigenvalue weighted by atomic mass is 9.99. The van der Waals surface area contributed by atoms with Crippen molar-refractivity contribution in [3.63, 3.8) is 0 Å². The van der Waals surface area contributed by atoms with Crippen molar-refractivity contribution in [3.8, 4) is 0 Å². The van der Waals surface area contributed by atoms with Crippen LogP contribution >= 0.6 is 11.8 Å². The number of thioether (sulfide) groups is 1. The summed E-state index contributed by atoms with van der Waals surface area (Å²) in [5.41, 5.74) is 2.50. The second kappa shape index (κ2) is 10.0. The number of rotatable bonds is 5. The molecule has 2 heterocycles. The Labute approximate surface area is 172 Å². The number of carbonyl (C=O) groups excluding carboxylic acids is 1. The first-order valence-electron chi connectivity index (χ1n) is 10.1. The van der Waals surface area contributed by atoms with Gasteiger partial charge in [-0.05, 0) is 30.5 Å². The van der Waals surface area contributed by atoms with Gasteiger partial charge < -0.3 is 19.9 Å². The van der Waals surface area contributed by atoms with Crippen molar-refractivity contribution in [1.82, 2.24) is 10.2 Å². The molecule has 2 aliphatic rings. The summed E-state index contributed by atoms with van der Waals surface area (Å²) in [6.45, 7) is 9.33. The van der Waals surface area contributed by atoms with E-state index in [0.717, 1.165) is 32.1 Å². The van der Waals surface area contributed by atoms with E-state index in [0.29, 0.717) is 13.1 Å². The van der Waals surface area contributed by atoms with E-state index in [1.54, 1.807) is 0 Å². The fourth-order valence-electron chi connectivity index (χ4n) is 3.82. The lowest BCUT2D eigenvalue weighted by molar-refractivity contribution is -0.145. The van der Waals surface area contributed by atoms with Crippen LogP contribution in [0.25, 0.3) is 0 Å². The molecule has 3 rings (SSSR count). The summed E-state index contributed by atoms with van der Waals surface area (Å²) in [5, 5.41) is 3.37. The van der Waals surface area contributed by atoms with Crippen molar-refractivity contribution in [1.29, 1.82) is 0 Å². The summed E-state index contributed by atoms with van der Waals surface area (Å²) in [6.07, 6.45) is 0. The van der Waals surface area contributed by atoms with Crippen LogP contribution in [0, 0.1) is 11.8 Å². The molecule has 7 heteroatoms. The molecule has 2 saturated heterocycles. The Kier molecular flexibility index (Phi) is 7.48. The number of carbonyl (C=O) groups is 1. The fourth-order valence-corrected chi connectivity index (χ4v) is 4.73. The predicted octanol–water partition coefficient (Wildman–Crippen LogP) is 2.45. The highest BCUT2D eigenvalue weighted by molar-refractivity contribution is 7.99. The van der Waals surface area contributed by atoms with Gasteiger partial charge in [0.05, 0.1) is 19.6 Å². The van der Waals surface area contributed by atoms with Crippen LogP contribution in [-0.4, -0.2) is 68.2 Å². The summed E-state index contributed by atoms with van der Waals surface area (Å²) in [6, 6.07) is 8.76. The van der Waals surface area contributed by atoms with Crippen LogP contribution in [0.3, 0.4) is 0 Å². The Morgan fingerprint density at radius 2 is 1.96 bits per heavy atom. The van der Waals surface area contributed by atoms with E-state index in [1.807, 2.05) is 11.8 Å². The molecule has 0 radical (unpaired) electrons. The molecule has 2 fully saturated rings. The number of anilines is 1. The molecule has 28 heavy (non-hydrogen) atoms. The largest absolute Gasteiger partial charge is 0.469 e. The quantitative estimate of drug-likeness (QED) is 0.462. The standard InChI is InChI=1S/C21H32N4O2S/c1-4-22-21(25-14-16(2)19(15-25)20(26)27-3)23-13-17-5-7-18(8-6-17)24-9-11-28-12-10-24/h5-8,16,19H,4,9-15H2,1-3H3,(H,22,23). The lowest BCUT2D eigenvalue weighted by Gasteiger charge is -2.28. The molecule has 1 aromatic rings. The van der Waals surface area contributed by atoms with E-state index in [1.165, 1.54) is 29.9 Å². The average molecular weight is 405 g/mol. The molecule has 0 amide bonds. The maximum Gasteiger partial charge on any atom is 0.310 e. The third-order valence-electron chi connectivity index (χ3n) is 5.47. The molecule has 2 aliphatic heterocycles. The Morgan fingerprint density at radius 3 is 2.61 bits per heavy atom. The Hall–Kier alpha value is -1.89. The summed E-state index contributed by atoms with van der Waals surface area (Å²) < 4.78 is 4.95. The van der Waals surface area contributed by atoms with E-state index in [9.17, 15) is 4.79 Å². The number of methoxy groups -OCH3 is 1. The number of aliphatic imine (C=N–C) groups is 1. The topological polar surface area (TPSA) is 57.2 Å². The molecule has 2 atom stereocenters. The molecule has 154 valence electrons. The van der Waals surface area contributed by atoms with Crippen molar-refractivity contribution in [2.75, 3.05) is 56.2 Å². The number of esters is 1. The highest BCUT2D eigenvalue weighted by atomic mass is 32.2. The smallest absolute Gasteiger partial charge is 0.310 e. The van der Waals surface area contributed by atoms with Crippen molar-refractivity contribution in [3.05, 3.63) is 29.8 Å². The van der Waals surface area contributed by atoms with Gasteiger partial charge in [-0.1, -0.05) is 19.1 Å². The van der Waals surface area contributed by atoms with Gasteiger partial charge in [0.25, 0.3) is 0 Å². The first kappa shape index (κ1) is 20.8. The zero-order chi connectivity index (χ0) is 19.9. The first-order chi connectivity index (χ1) is 13.6. The van der Waals surface area contributed by atoms with Gasteiger partial charge in [-0.15, -0.1) is 0 Å². The molecule has 1 aromatic carbocycles. The van der Waals surface area contributed by atoms with E-state index < -0.39 is 0 Å². The number of ether oxygens (including phenoxy) is 1. The van der Waals surface area contributed by atoms with Gasteiger partial charge in [0, 0.05) is 49.9 Å². The molecular formula is C21H32N4O2S. The SMILES string of the molecule is CCNC(=NCc1ccc(N2CCSCC2)cc1)N1CC(C)C(C(=O)OC)C1. The molecule has 6 nitrogen and oxygen atoms in total. The first-order valence-corrected chi connectivity index (χ1v) is 11.3. The van der Waals surface area contributed by atoms with Gasteiger partial charge in [-0.3, -0.25) is 4.79 Å². The van der Waals surface area contributed by atoms with Crippen molar-refractivity contribution in [2.45, 2.75) is 20.4 Å². The summed E-state index contributed by atoms with van der Waals surface area (Å²) in [5.74, 6) is 3.34. The van der Waals surface area contributed by atoms with Crippen LogP contribution in [0.1, 0.15) is 19.4 Å². The van der Waals surface area contributed by atoms with E-state index in [-0.39, 0.29) is 17.8 Å². The van der Waals surface area contributed by atoms with Gasteiger partial charge in [0.1, 0.15) is 0 Å². The second-order valence-corrected chi connectivity index (χ2v) is 8.67. The molecule has 2 unspecified atom stereocenters. The minimum Gasteiger partial charge on any atom is -0.469 e. The molecule has 0 aromatic heterocycles. The minimum absolute atomic E-state index is 0.0872. The number of hydrogen-bond acceptors (Lipinski definition) is 5. The molecule has 1 N–H and O–H groups in total. The van der Waals surface area contributed by atoms with Crippen LogP contribution in [-0.2, 0) is 16.1 Å². The summed E-state index contributed by atoms with van der Waals surface area (Å²) in [4.78, 5) is 21.4. The number of likely N-dealkylation sites (tertiary alicyclic amines) is 1. The Bertz CT molecular complexity index is 673. The Balaban J connectivity index is 1.63. The third kappa shape index (κ3) is 5.13. The highest BCUT2D eigenvalue weighted by Crippen LogP contribution is 2.24. The fraction of sp³-hybridized carbons (Fsp3) is 0.619. The minimum atomic E-state index is -0.127. The van der Waals surface area contributed by atoms with E-state index >= 15 is 0 Å². The number of nitrogens with one attached hydrogen (secondary N) is 1. The third-order valence-corrected chi connectivity index (χ3v) is 6.42. The molecule has 0 spiro atoms. The molecular weight excluding hydrogens is 372 g/mol. The number of guanidine groups is 1. The van der Waals surface area contributed by atoms with Crippen LogP contribution < -0.4 is 10.2 Å². The van der Waals surface area contributed by atoms with Gasteiger partial charge in [-0.25, -0.2) is 4.99 Å². The maximum absolute atomic E-state index is 12.0. The number of hydrogen-bond donors (Lipinski definition) is 1. The van der Waals surface area contributed by atoms with Crippen LogP contribution in [0.4, 0.5) is 5.69 Å². The van der Waals surface area contributed by atoms with Crippen LogP contribution in [0.2, 0.25) is 0 Å². The summed E-state index contributed by atoms with van der Waals surface area (Å²) in [7, 11) is 1.46. The maximum atomic E-state index is 12.0. The normalized spacial score (nSPS) is 23.0. The van der Waals surface area contributed by atoms with E-state index in [4.69, 9.17) is 9.73 Å². The lowest BCUT2D eigenvalue weighted by Crippen LogP contribution is -2.40. The second-order valence-electron chi connectivity index (χ2n) is 7.45. The van der Waals surface area contributed by atoms with Crippen LogP contribution in [0.15, 0.2) is 29.3 Å². The van der Waals surface area contributed by atoms with Crippen molar-refractivity contribution >= 4 is 29.4 Å².